The molecule has 0 aliphatic carbocycles. The number of carbonyl (C=O) groups is 1. The third kappa shape index (κ3) is 4.87. The fourth-order valence-electron chi connectivity index (χ4n) is 1.82. The summed E-state index contributed by atoms with van der Waals surface area (Å²) >= 11 is 3.39. The summed E-state index contributed by atoms with van der Waals surface area (Å²) in [6.45, 7) is 4.27. The normalized spacial score (nSPS) is 11.0. The van der Waals surface area contributed by atoms with Crippen molar-refractivity contribution in [1.82, 2.24) is 0 Å². The second-order valence-corrected chi connectivity index (χ2v) is 6.11. The second-order valence-electron chi connectivity index (χ2n) is 5.19. The Bertz CT molecular complexity index is 645. The summed E-state index contributed by atoms with van der Waals surface area (Å²) < 4.78 is 0.939. The van der Waals surface area contributed by atoms with Gasteiger partial charge in [0.05, 0.1) is 0 Å². The van der Waals surface area contributed by atoms with E-state index < -0.39 is 0 Å². The Hall–Kier alpha value is -1.87. The molecule has 1 N–H and O–H groups in total. The van der Waals surface area contributed by atoms with Crippen molar-refractivity contribution >= 4 is 33.6 Å². The Morgan fingerprint density at radius 1 is 1.14 bits per heavy atom. The number of carbonyl (C=O) groups excluding carboxylic acids is 1. The molecule has 0 fully saturated rings. The first-order valence-corrected chi connectivity index (χ1v) is 7.69. The summed E-state index contributed by atoms with van der Waals surface area (Å²) in [5.74, 6) is 0.414. The van der Waals surface area contributed by atoms with Crippen LogP contribution in [0.4, 0.5) is 5.69 Å². The third-order valence-electron chi connectivity index (χ3n) is 2.93. The Balaban J connectivity index is 2.06. The fraction of sp³-hybridized carbons (Fsp3) is 0.167. The molecule has 21 heavy (non-hydrogen) atoms. The molecule has 2 nitrogen and oxygen atoms in total. The molecule has 0 radical (unpaired) electrons. The highest BCUT2D eigenvalue weighted by molar-refractivity contribution is 9.10. The first-order chi connectivity index (χ1) is 10.0. The average molecular weight is 344 g/mol. The van der Waals surface area contributed by atoms with Gasteiger partial charge in [-0.25, -0.2) is 0 Å². The summed E-state index contributed by atoms with van der Waals surface area (Å²) in [6.07, 6.45) is 4.21. The number of hydrogen-bond acceptors (Lipinski definition) is 1. The third-order valence-corrected chi connectivity index (χ3v) is 3.42. The van der Waals surface area contributed by atoms with Crippen molar-refractivity contribution in [3.05, 3.63) is 70.2 Å². The summed E-state index contributed by atoms with van der Waals surface area (Å²) in [4.78, 5) is 12.2. The molecular formula is C18H18BrNO. The predicted octanol–water partition coefficient (Wildman–Crippen LogP) is 5.37. The lowest BCUT2D eigenvalue weighted by molar-refractivity contribution is 0.102. The smallest absolute Gasteiger partial charge is 0.255 e. The van der Waals surface area contributed by atoms with Gasteiger partial charge in [-0.05, 0) is 41.8 Å². The zero-order chi connectivity index (χ0) is 15.2. The van der Waals surface area contributed by atoms with Gasteiger partial charge in [-0.3, -0.25) is 4.79 Å². The number of amides is 1. The average Bonchev–Trinajstić information content (AvgIpc) is 2.45. The molecule has 3 heteroatoms. The van der Waals surface area contributed by atoms with E-state index in [0.717, 1.165) is 15.7 Å². The van der Waals surface area contributed by atoms with Gasteiger partial charge >= 0.3 is 0 Å². The van der Waals surface area contributed by atoms with Gasteiger partial charge in [-0.15, -0.1) is 0 Å². The summed E-state index contributed by atoms with van der Waals surface area (Å²) in [5.41, 5.74) is 2.53. The molecule has 108 valence electrons. The largest absolute Gasteiger partial charge is 0.322 e. The zero-order valence-corrected chi connectivity index (χ0v) is 13.7. The van der Waals surface area contributed by atoms with Gasteiger partial charge in [0.15, 0.2) is 0 Å². The Labute approximate surface area is 134 Å². The number of nitrogens with one attached hydrogen (secondary N) is 1. The highest BCUT2D eigenvalue weighted by Gasteiger charge is 2.05. The van der Waals surface area contributed by atoms with Crippen LogP contribution in [0.25, 0.3) is 6.08 Å². The lowest BCUT2D eigenvalue weighted by Crippen LogP contribution is -2.11. The molecule has 2 aromatic rings. The fourth-order valence-corrected chi connectivity index (χ4v) is 2.22. The first kappa shape index (κ1) is 15.5. The number of benzene rings is 2. The van der Waals surface area contributed by atoms with Crippen molar-refractivity contribution in [3.63, 3.8) is 0 Å². The molecule has 0 bridgehead atoms. The molecule has 1 amide bonds. The first-order valence-electron chi connectivity index (χ1n) is 6.90. The van der Waals surface area contributed by atoms with Gasteiger partial charge < -0.3 is 5.32 Å². The molecule has 0 saturated carbocycles. The quantitative estimate of drug-likeness (QED) is 0.794. The molecule has 0 heterocycles. The lowest BCUT2D eigenvalue weighted by atomic mass is 10.1. The second kappa shape index (κ2) is 7.23. The van der Waals surface area contributed by atoms with Crippen LogP contribution in [-0.4, -0.2) is 5.91 Å². The predicted molar refractivity (Wildman–Crippen MR) is 92.4 cm³/mol. The maximum Gasteiger partial charge on any atom is 0.255 e. The van der Waals surface area contributed by atoms with Crippen LogP contribution in [0.1, 0.15) is 29.8 Å². The van der Waals surface area contributed by atoms with Crippen molar-refractivity contribution < 1.29 is 4.79 Å². The van der Waals surface area contributed by atoms with E-state index in [2.05, 4.69) is 47.2 Å². The standard InChI is InChI=1S/C18H18BrNO/c1-13(2)6-7-14-8-10-15(11-9-14)18(21)20-17-5-3-4-16(19)12-17/h3-13H,1-2H3,(H,20,21)/b7-6+. The molecule has 2 rings (SSSR count). The van der Waals surface area contributed by atoms with Crippen LogP contribution in [0.3, 0.4) is 0 Å². The molecule has 0 atom stereocenters. The Kier molecular flexibility index (Phi) is 5.34. The molecular weight excluding hydrogens is 326 g/mol. The highest BCUT2D eigenvalue weighted by Crippen LogP contribution is 2.17. The number of rotatable bonds is 4. The Morgan fingerprint density at radius 2 is 1.86 bits per heavy atom. The van der Waals surface area contributed by atoms with Crippen molar-refractivity contribution in [3.8, 4) is 0 Å². The molecule has 0 saturated heterocycles. The summed E-state index contributed by atoms with van der Waals surface area (Å²) in [5, 5.41) is 2.88. The maximum absolute atomic E-state index is 12.2. The van der Waals surface area contributed by atoms with Crippen LogP contribution in [0.15, 0.2) is 59.1 Å². The van der Waals surface area contributed by atoms with Crippen LogP contribution in [0, 0.1) is 5.92 Å². The monoisotopic (exact) mass is 343 g/mol. The van der Waals surface area contributed by atoms with E-state index in [-0.39, 0.29) is 5.91 Å². The molecule has 0 spiro atoms. The minimum atomic E-state index is -0.104. The van der Waals surface area contributed by atoms with Gasteiger partial charge in [0.25, 0.3) is 5.91 Å². The molecule has 0 aliphatic rings. The van der Waals surface area contributed by atoms with Crippen molar-refractivity contribution in [1.29, 1.82) is 0 Å². The van der Waals surface area contributed by atoms with E-state index in [1.807, 2.05) is 48.5 Å². The van der Waals surface area contributed by atoms with Crippen LogP contribution in [-0.2, 0) is 0 Å². The van der Waals surface area contributed by atoms with E-state index in [4.69, 9.17) is 0 Å². The number of hydrogen-bond donors (Lipinski definition) is 1. The number of anilines is 1. The zero-order valence-electron chi connectivity index (χ0n) is 12.1. The highest BCUT2D eigenvalue weighted by atomic mass is 79.9. The van der Waals surface area contributed by atoms with Crippen molar-refractivity contribution in [2.24, 2.45) is 5.92 Å². The van der Waals surface area contributed by atoms with Gasteiger partial charge in [0.1, 0.15) is 0 Å². The van der Waals surface area contributed by atoms with Crippen molar-refractivity contribution in [2.45, 2.75) is 13.8 Å². The van der Waals surface area contributed by atoms with E-state index in [1.165, 1.54) is 0 Å². The number of allylic oxidation sites excluding steroid dienone is 1. The maximum atomic E-state index is 12.2. The summed E-state index contributed by atoms with van der Waals surface area (Å²) in [7, 11) is 0. The lowest BCUT2D eigenvalue weighted by Gasteiger charge is -2.06. The molecule has 0 aromatic heterocycles. The van der Waals surface area contributed by atoms with E-state index in [9.17, 15) is 4.79 Å². The van der Waals surface area contributed by atoms with Gasteiger partial charge in [-0.2, -0.15) is 0 Å². The Morgan fingerprint density at radius 3 is 2.48 bits per heavy atom. The van der Waals surface area contributed by atoms with E-state index >= 15 is 0 Å². The molecule has 2 aromatic carbocycles. The van der Waals surface area contributed by atoms with E-state index in [1.54, 1.807) is 0 Å². The molecule has 0 aliphatic heterocycles. The van der Waals surface area contributed by atoms with Crippen LogP contribution in [0.2, 0.25) is 0 Å². The summed E-state index contributed by atoms with van der Waals surface area (Å²) in [6, 6.07) is 15.1. The van der Waals surface area contributed by atoms with Gasteiger partial charge in [0, 0.05) is 15.7 Å². The SMILES string of the molecule is CC(C)/C=C/c1ccc(C(=O)Nc2cccc(Br)c2)cc1. The number of halogens is 1. The van der Waals surface area contributed by atoms with Gasteiger partial charge in [-0.1, -0.05) is 60.1 Å². The minimum absolute atomic E-state index is 0.104. The van der Waals surface area contributed by atoms with Crippen LogP contribution >= 0.6 is 15.9 Å². The van der Waals surface area contributed by atoms with Gasteiger partial charge in [0.2, 0.25) is 0 Å². The van der Waals surface area contributed by atoms with Crippen molar-refractivity contribution in [2.75, 3.05) is 5.32 Å². The van der Waals surface area contributed by atoms with E-state index in [0.29, 0.717) is 11.5 Å². The van der Waals surface area contributed by atoms with Crippen LogP contribution < -0.4 is 5.32 Å². The minimum Gasteiger partial charge on any atom is -0.322 e. The topological polar surface area (TPSA) is 29.1 Å². The molecule has 0 unspecified atom stereocenters. The van der Waals surface area contributed by atoms with Crippen LogP contribution in [0.5, 0.6) is 0 Å².